The van der Waals surface area contributed by atoms with Crippen molar-refractivity contribution in [3.8, 4) is 0 Å². The first-order chi connectivity index (χ1) is 11.5. The largest absolute Gasteiger partial charge is 0.281 e. The highest BCUT2D eigenvalue weighted by Gasteiger charge is 2.59. The fourth-order valence-corrected chi connectivity index (χ4v) is 4.89. The summed E-state index contributed by atoms with van der Waals surface area (Å²) in [5, 5.41) is 0. The van der Waals surface area contributed by atoms with Gasteiger partial charge in [0.05, 0.1) is 6.04 Å². The molecule has 0 aromatic heterocycles. The zero-order chi connectivity index (χ0) is 16.8. The number of fused-ring (bicyclic) bond motifs is 2. The molecule has 1 heteroatoms. The van der Waals surface area contributed by atoms with Crippen molar-refractivity contribution in [3.05, 3.63) is 71.8 Å². The van der Waals surface area contributed by atoms with Crippen LogP contribution in [-0.4, -0.2) is 5.71 Å². The van der Waals surface area contributed by atoms with Gasteiger partial charge >= 0.3 is 0 Å². The van der Waals surface area contributed by atoms with Gasteiger partial charge in [0.1, 0.15) is 0 Å². The van der Waals surface area contributed by atoms with Gasteiger partial charge in [0.15, 0.2) is 0 Å². The predicted molar refractivity (Wildman–Crippen MR) is 101 cm³/mol. The Hall–Kier alpha value is -1.89. The van der Waals surface area contributed by atoms with Crippen molar-refractivity contribution in [1.29, 1.82) is 0 Å². The van der Waals surface area contributed by atoms with Crippen LogP contribution in [0.2, 0.25) is 0 Å². The van der Waals surface area contributed by atoms with Crippen molar-refractivity contribution in [2.45, 2.75) is 46.1 Å². The Balaban J connectivity index is 1.79. The summed E-state index contributed by atoms with van der Waals surface area (Å²) in [5.74, 6) is 0.799. The van der Waals surface area contributed by atoms with Gasteiger partial charge in [0, 0.05) is 11.1 Å². The Labute approximate surface area is 145 Å². The quantitative estimate of drug-likeness (QED) is 0.652. The maximum absolute atomic E-state index is 5.38. The van der Waals surface area contributed by atoms with E-state index in [-0.39, 0.29) is 11.5 Å². The predicted octanol–water partition coefficient (Wildman–Crippen LogP) is 6.06. The molecule has 2 fully saturated rings. The molecule has 2 saturated carbocycles. The van der Waals surface area contributed by atoms with Gasteiger partial charge in [-0.1, -0.05) is 81.4 Å². The van der Waals surface area contributed by atoms with Crippen molar-refractivity contribution in [3.63, 3.8) is 0 Å². The lowest BCUT2D eigenvalue weighted by molar-refractivity contribution is 0.193. The summed E-state index contributed by atoms with van der Waals surface area (Å²) in [5.41, 5.74) is 4.67. The molecule has 0 unspecified atom stereocenters. The maximum Gasteiger partial charge on any atom is 0.0999 e. The highest BCUT2D eigenvalue weighted by Crippen LogP contribution is 2.64. The summed E-state index contributed by atoms with van der Waals surface area (Å²) in [6.45, 7) is 7.35. The SMILES string of the molecule is CC1(C)[C@@H]2CC[C@@]1(C)C(=NC(c1ccccc1)c1ccccc1)C2. The van der Waals surface area contributed by atoms with Crippen LogP contribution in [0.15, 0.2) is 65.7 Å². The zero-order valence-electron chi connectivity index (χ0n) is 15.0. The van der Waals surface area contributed by atoms with Gasteiger partial charge in [-0.25, -0.2) is 0 Å². The second-order valence-electron chi connectivity index (χ2n) is 8.29. The minimum Gasteiger partial charge on any atom is -0.281 e. The molecule has 0 aliphatic heterocycles. The molecule has 0 amide bonds. The smallest absolute Gasteiger partial charge is 0.0999 e. The molecule has 2 aromatic rings. The fourth-order valence-electron chi connectivity index (χ4n) is 4.89. The van der Waals surface area contributed by atoms with Crippen LogP contribution >= 0.6 is 0 Å². The van der Waals surface area contributed by atoms with Crippen molar-refractivity contribution in [2.75, 3.05) is 0 Å². The van der Waals surface area contributed by atoms with E-state index in [0.717, 1.165) is 5.92 Å². The molecule has 0 saturated heterocycles. The number of nitrogens with zero attached hydrogens (tertiary/aromatic N) is 1. The number of benzene rings is 2. The van der Waals surface area contributed by atoms with Crippen LogP contribution in [0.5, 0.6) is 0 Å². The van der Waals surface area contributed by atoms with Crippen LogP contribution in [0.4, 0.5) is 0 Å². The first kappa shape index (κ1) is 15.6. The van der Waals surface area contributed by atoms with Gasteiger partial charge in [0.25, 0.3) is 0 Å². The van der Waals surface area contributed by atoms with E-state index in [2.05, 4.69) is 81.4 Å². The van der Waals surface area contributed by atoms with E-state index in [1.54, 1.807) is 0 Å². The van der Waals surface area contributed by atoms with E-state index in [9.17, 15) is 0 Å². The molecule has 2 bridgehead atoms. The third-order valence-electron chi connectivity index (χ3n) is 7.03. The Kier molecular flexibility index (Phi) is 3.63. The van der Waals surface area contributed by atoms with E-state index in [0.29, 0.717) is 5.41 Å². The molecule has 1 nitrogen and oxygen atoms in total. The third kappa shape index (κ3) is 2.25. The summed E-state index contributed by atoms with van der Waals surface area (Å²) >= 11 is 0. The molecule has 4 rings (SSSR count). The Morgan fingerprint density at radius 3 is 1.83 bits per heavy atom. The van der Waals surface area contributed by atoms with E-state index >= 15 is 0 Å². The monoisotopic (exact) mass is 317 g/mol. The molecule has 2 aliphatic rings. The van der Waals surface area contributed by atoms with Crippen LogP contribution in [-0.2, 0) is 0 Å². The molecular formula is C23H27N. The third-order valence-corrected chi connectivity index (χ3v) is 7.03. The molecule has 124 valence electrons. The Bertz CT molecular complexity index is 705. The van der Waals surface area contributed by atoms with Crippen LogP contribution in [0.1, 0.15) is 57.2 Å². The molecule has 2 aromatic carbocycles. The summed E-state index contributed by atoms with van der Waals surface area (Å²) in [7, 11) is 0. The summed E-state index contributed by atoms with van der Waals surface area (Å²) in [6.07, 6.45) is 3.84. The second-order valence-corrected chi connectivity index (χ2v) is 8.29. The van der Waals surface area contributed by atoms with Gasteiger partial charge in [-0.3, -0.25) is 4.99 Å². The standard InChI is InChI=1S/C23H27N/c1-22(2)19-14-15-23(22,3)20(16-19)24-21(17-10-6-4-7-11-17)18-12-8-5-9-13-18/h4-13,19,21H,14-16H2,1-3H3/t19-,23+/m1/s1. The van der Waals surface area contributed by atoms with Gasteiger partial charge in [-0.2, -0.15) is 0 Å². The minimum atomic E-state index is 0.120. The highest BCUT2D eigenvalue weighted by molar-refractivity contribution is 5.94. The summed E-state index contributed by atoms with van der Waals surface area (Å²) < 4.78 is 0. The molecule has 2 atom stereocenters. The van der Waals surface area contributed by atoms with Crippen LogP contribution in [0.25, 0.3) is 0 Å². The Morgan fingerprint density at radius 1 is 0.875 bits per heavy atom. The molecule has 2 aliphatic carbocycles. The molecular weight excluding hydrogens is 290 g/mol. The molecule has 0 N–H and O–H groups in total. The number of hydrogen-bond acceptors (Lipinski definition) is 1. The van der Waals surface area contributed by atoms with Gasteiger partial charge in [0.2, 0.25) is 0 Å². The number of aliphatic imine (C=N–C) groups is 1. The lowest BCUT2D eigenvalue weighted by Crippen LogP contribution is -2.32. The molecule has 0 radical (unpaired) electrons. The average Bonchev–Trinajstić information content (AvgIpc) is 2.94. The summed E-state index contributed by atoms with van der Waals surface area (Å²) in [4.78, 5) is 5.38. The topological polar surface area (TPSA) is 12.4 Å². The van der Waals surface area contributed by atoms with E-state index < -0.39 is 0 Å². The maximum atomic E-state index is 5.38. The molecule has 24 heavy (non-hydrogen) atoms. The van der Waals surface area contributed by atoms with Crippen molar-refractivity contribution < 1.29 is 0 Å². The first-order valence-electron chi connectivity index (χ1n) is 9.19. The van der Waals surface area contributed by atoms with Gasteiger partial charge < -0.3 is 0 Å². The van der Waals surface area contributed by atoms with Crippen molar-refractivity contribution >= 4 is 5.71 Å². The molecule has 0 spiro atoms. The fraction of sp³-hybridized carbons (Fsp3) is 0.435. The lowest BCUT2D eigenvalue weighted by atomic mass is 9.70. The van der Waals surface area contributed by atoms with Crippen molar-refractivity contribution in [2.24, 2.45) is 21.7 Å². The number of hydrogen-bond donors (Lipinski definition) is 0. The van der Waals surface area contributed by atoms with Crippen molar-refractivity contribution in [1.82, 2.24) is 0 Å². The minimum absolute atomic E-state index is 0.120. The average molecular weight is 317 g/mol. The normalized spacial score (nSPS) is 29.5. The first-order valence-corrected chi connectivity index (χ1v) is 9.19. The van der Waals surface area contributed by atoms with Gasteiger partial charge in [-0.15, -0.1) is 0 Å². The van der Waals surface area contributed by atoms with Gasteiger partial charge in [-0.05, 0) is 41.7 Å². The second kappa shape index (κ2) is 5.58. The van der Waals surface area contributed by atoms with Crippen LogP contribution < -0.4 is 0 Å². The van der Waals surface area contributed by atoms with Crippen LogP contribution in [0, 0.1) is 16.7 Å². The van der Waals surface area contributed by atoms with E-state index in [1.807, 2.05) is 0 Å². The zero-order valence-corrected chi connectivity index (χ0v) is 15.0. The Morgan fingerprint density at radius 2 is 1.42 bits per heavy atom. The van der Waals surface area contributed by atoms with E-state index in [4.69, 9.17) is 4.99 Å². The lowest BCUT2D eigenvalue weighted by Gasteiger charge is -2.35. The number of rotatable bonds is 3. The highest BCUT2D eigenvalue weighted by atomic mass is 14.9. The van der Waals surface area contributed by atoms with E-state index in [1.165, 1.54) is 36.1 Å². The summed E-state index contributed by atoms with van der Waals surface area (Å²) in [6, 6.07) is 21.6. The molecule has 0 heterocycles. The van der Waals surface area contributed by atoms with Crippen LogP contribution in [0.3, 0.4) is 0 Å².